The Bertz CT molecular complexity index is 683. The number of likely N-dealkylation sites (tertiary alicyclic amines) is 1. The molecule has 6 nitrogen and oxygen atoms in total. The summed E-state index contributed by atoms with van der Waals surface area (Å²) in [6.07, 6.45) is 2.88. The highest BCUT2D eigenvalue weighted by Gasteiger charge is 2.32. The number of nitrogens with zero attached hydrogens (tertiary/aromatic N) is 3. The molecule has 2 heterocycles. The molecule has 1 aliphatic heterocycles. The molecule has 0 saturated carbocycles. The van der Waals surface area contributed by atoms with Crippen LogP contribution in [-0.4, -0.2) is 34.1 Å². The first-order valence-electron chi connectivity index (χ1n) is 7.93. The maximum absolute atomic E-state index is 12.6. The SMILES string of the molecule is Cc1noc([C@H]2CCCCN2C(=O)COc2ccccc2C)n1. The lowest BCUT2D eigenvalue weighted by Gasteiger charge is -2.33. The van der Waals surface area contributed by atoms with E-state index in [0.29, 0.717) is 18.3 Å². The number of hydrogen-bond acceptors (Lipinski definition) is 5. The standard InChI is InChI=1S/C17H21N3O3/c1-12-7-3-4-9-15(12)22-11-16(21)20-10-6-5-8-14(20)17-18-13(2)19-23-17/h3-4,7,9,14H,5-6,8,10-11H2,1-2H3/t14-/m1/s1. The van der Waals surface area contributed by atoms with Crippen molar-refractivity contribution < 1.29 is 14.1 Å². The Hall–Kier alpha value is -2.37. The van der Waals surface area contributed by atoms with Gasteiger partial charge in [-0.15, -0.1) is 0 Å². The van der Waals surface area contributed by atoms with Gasteiger partial charge in [0, 0.05) is 6.54 Å². The summed E-state index contributed by atoms with van der Waals surface area (Å²) in [5.74, 6) is 1.80. The summed E-state index contributed by atoms with van der Waals surface area (Å²) < 4.78 is 11.0. The summed E-state index contributed by atoms with van der Waals surface area (Å²) in [6, 6.07) is 7.54. The van der Waals surface area contributed by atoms with E-state index in [1.165, 1.54) is 0 Å². The molecule has 0 aliphatic carbocycles. The monoisotopic (exact) mass is 315 g/mol. The maximum atomic E-state index is 12.6. The number of hydrogen-bond donors (Lipinski definition) is 0. The van der Waals surface area contributed by atoms with E-state index in [0.717, 1.165) is 30.6 Å². The molecule has 23 heavy (non-hydrogen) atoms. The van der Waals surface area contributed by atoms with Gasteiger partial charge >= 0.3 is 0 Å². The first-order chi connectivity index (χ1) is 11.1. The van der Waals surface area contributed by atoms with Crippen LogP contribution in [-0.2, 0) is 4.79 Å². The van der Waals surface area contributed by atoms with E-state index >= 15 is 0 Å². The van der Waals surface area contributed by atoms with Gasteiger partial charge in [0.15, 0.2) is 12.4 Å². The first kappa shape index (κ1) is 15.5. The Morgan fingerprint density at radius 3 is 2.91 bits per heavy atom. The van der Waals surface area contributed by atoms with Crippen LogP contribution in [0.3, 0.4) is 0 Å². The van der Waals surface area contributed by atoms with Gasteiger partial charge in [0.1, 0.15) is 11.8 Å². The van der Waals surface area contributed by atoms with Crippen molar-refractivity contribution in [3.63, 3.8) is 0 Å². The molecule has 6 heteroatoms. The third-order valence-electron chi connectivity index (χ3n) is 4.10. The van der Waals surface area contributed by atoms with Gasteiger partial charge in [-0.2, -0.15) is 4.98 Å². The molecular weight excluding hydrogens is 294 g/mol. The lowest BCUT2D eigenvalue weighted by atomic mass is 10.0. The number of para-hydroxylation sites is 1. The molecule has 0 radical (unpaired) electrons. The fraction of sp³-hybridized carbons (Fsp3) is 0.471. The van der Waals surface area contributed by atoms with Crippen LogP contribution in [0.4, 0.5) is 0 Å². The highest BCUT2D eigenvalue weighted by atomic mass is 16.5. The van der Waals surface area contributed by atoms with Gasteiger partial charge in [-0.3, -0.25) is 4.79 Å². The van der Waals surface area contributed by atoms with Crippen molar-refractivity contribution in [2.24, 2.45) is 0 Å². The van der Waals surface area contributed by atoms with Crippen molar-refractivity contribution in [1.82, 2.24) is 15.0 Å². The van der Waals surface area contributed by atoms with Crippen LogP contribution in [0.1, 0.15) is 42.6 Å². The summed E-state index contributed by atoms with van der Waals surface area (Å²) in [4.78, 5) is 18.7. The highest BCUT2D eigenvalue weighted by molar-refractivity contribution is 5.78. The second-order valence-electron chi connectivity index (χ2n) is 5.83. The Labute approximate surface area is 135 Å². The molecule has 2 aromatic rings. The van der Waals surface area contributed by atoms with Crippen LogP contribution in [0.25, 0.3) is 0 Å². The minimum absolute atomic E-state index is 0.0223. The summed E-state index contributed by atoms with van der Waals surface area (Å²) in [7, 11) is 0. The van der Waals surface area contributed by atoms with Crippen molar-refractivity contribution in [3.8, 4) is 5.75 Å². The van der Waals surface area contributed by atoms with Crippen LogP contribution in [0.2, 0.25) is 0 Å². The smallest absolute Gasteiger partial charge is 0.261 e. The first-order valence-corrected chi connectivity index (χ1v) is 7.93. The number of aryl methyl sites for hydroxylation is 2. The second kappa shape index (κ2) is 6.81. The van der Waals surface area contributed by atoms with E-state index in [2.05, 4.69) is 10.1 Å². The van der Waals surface area contributed by atoms with E-state index in [-0.39, 0.29) is 18.6 Å². The molecule has 0 unspecified atom stereocenters. The fourth-order valence-electron chi connectivity index (χ4n) is 2.88. The molecule has 1 atom stereocenters. The molecule has 1 aromatic carbocycles. The molecule has 3 rings (SSSR count). The molecule has 0 N–H and O–H groups in total. The van der Waals surface area contributed by atoms with Gasteiger partial charge in [-0.25, -0.2) is 0 Å². The predicted octanol–water partition coefficient (Wildman–Crippen LogP) is 2.82. The molecule has 1 amide bonds. The number of ether oxygens (including phenoxy) is 1. The quantitative estimate of drug-likeness (QED) is 0.868. The lowest BCUT2D eigenvalue weighted by Crippen LogP contribution is -2.41. The maximum Gasteiger partial charge on any atom is 0.261 e. The van der Waals surface area contributed by atoms with Crippen molar-refractivity contribution in [2.45, 2.75) is 39.2 Å². The van der Waals surface area contributed by atoms with Gasteiger partial charge in [-0.05, 0) is 44.7 Å². The molecule has 122 valence electrons. The third kappa shape index (κ3) is 3.52. The van der Waals surface area contributed by atoms with Gasteiger partial charge in [0.25, 0.3) is 5.91 Å². The summed E-state index contributed by atoms with van der Waals surface area (Å²) in [5, 5.41) is 3.84. The summed E-state index contributed by atoms with van der Waals surface area (Å²) >= 11 is 0. The van der Waals surface area contributed by atoms with Crippen LogP contribution >= 0.6 is 0 Å². The minimum atomic E-state index is -0.141. The molecule has 1 saturated heterocycles. The number of rotatable bonds is 4. The number of piperidine rings is 1. The Kier molecular flexibility index (Phi) is 4.60. The van der Waals surface area contributed by atoms with Gasteiger partial charge in [-0.1, -0.05) is 23.4 Å². The molecule has 0 spiro atoms. The number of benzene rings is 1. The largest absolute Gasteiger partial charge is 0.484 e. The molecule has 1 fully saturated rings. The highest BCUT2D eigenvalue weighted by Crippen LogP contribution is 2.30. The number of carbonyl (C=O) groups excluding carboxylic acids is 1. The zero-order valence-corrected chi connectivity index (χ0v) is 13.5. The van der Waals surface area contributed by atoms with Crippen LogP contribution in [0.15, 0.2) is 28.8 Å². The Morgan fingerprint density at radius 2 is 2.17 bits per heavy atom. The van der Waals surface area contributed by atoms with Crippen molar-refractivity contribution in [1.29, 1.82) is 0 Å². The number of amides is 1. The van der Waals surface area contributed by atoms with Gasteiger partial charge < -0.3 is 14.2 Å². The van der Waals surface area contributed by atoms with Crippen LogP contribution in [0, 0.1) is 13.8 Å². The van der Waals surface area contributed by atoms with Crippen molar-refractivity contribution >= 4 is 5.91 Å². The Balaban J connectivity index is 1.68. The normalized spacial score (nSPS) is 18.0. The van der Waals surface area contributed by atoms with Gasteiger partial charge in [0.2, 0.25) is 5.89 Å². The zero-order valence-electron chi connectivity index (χ0n) is 13.5. The average Bonchev–Trinajstić information content (AvgIpc) is 3.00. The summed E-state index contributed by atoms with van der Waals surface area (Å²) in [6.45, 7) is 4.46. The van der Waals surface area contributed by atoms with E-state index in [1.54, 1.807) is 11.8 Å². The minimum Gasteiger partial charge on any atom is -0.484 e. The molecule has 1 aromatic heterocycles. The van der Waals surface area contributed by atoms with Crippen molar-refractivity contribution in [2.75, 3.05) is 13.2 Å². The predicted molar refractivity (Wildman–Crippen MR) is 84.0 cm³/mol. The number of carbonyl (C=O) groups is 1. The zero-order chi connectivity index (χ0) is 16.2. The fourth-order valence-corrected chi connectivity index (χ4v) is 2.88. The van der Waals surface area contributed by atoms with Gasteiger partial charge in [0.05, 0.1) is 0 Å². The van der Waals surface area contributed by atoms with E-state index in [4.69, 9.17) is 9.26 Å². The topological polar surface area (TPSA) is 68.5 Å². The van der Waals surface area contributed by atoms with E-state index in [1.807, 2.05) is 31.2 Å². The average molecular weight is 315 g/mol. The molecular formula is C17H21N3O3. The van der Waals surface area contributed by atoms with E-state index < -0.39 is 0 Å². The van der Waals surface area contributed by atoms with Crippen LogP contribution in [0.5, 0.6) is 5.75 Å². The Morgan fingerprint density at radius 1 is 1.35 bits per heavy atom. The molecule has 1 aliphatic rings. The van der Waals surface area contributed by atoms with E-state index in [9.17, 15) is 4.79 Å². The lowest BCUT2D eigenvalue weighted by molar-refractivity contribution is -0.138. The number of aromatic nitrogens is 2. The second-order valence-corrected chi connectivity index (χ2v) is 5.83. The molecule has 0 bridgehead atoms. The van der Waals surface area contributed by atoms with Crippen molar-refractivity contribution in [3.05, 3.63) is 41.5 Å². The third-order valence-corrected chi connectivity index (χ3v) is 4.10. The summed E-state index contributed by atoms with van der Waals surface area (Å²) in [5.41, 5.74) is 1.02. The van der Waals surface area contributed by atoms with Crippen LogP contribution < -0.4 is 4.74 Å².